The first-order valence-electron chi connectivity index (χ1n) is 8.81. The average molecular weight is 470 g/mol. The lowest BCUT2D eigenvalue weighted by Gasteiger charge is -2.14. The molecule has 2 aromatic carbocycles. The van der Waals surface area contributed by atoms with Gasteiger partial charge in [-0.1, -0.05) is 23.2 Å². The molecule has 0 spiro atoms. The molecule has 0 radical (unpaired) electrons. The highest BCUT2D eigenvalue weighted by molar-refractivity contribution is 6.35. The topological polar surface area (TPSA) is 108 Å². The van der Waals surface area contributed by atoms with Crippen molar-refractivity contribution in [3.63, 3.8) is 0 Å². The maximum Gasteiger partial charge on any atom is 0.258 e. The van der Waals surface area contributed by atoms with Gasteiger partial charge in [0, 0.05) is 12.1 Å². The Hall–Kier alpha value is -3.04. The lowest BCUT2D eigenvalue weighted by molar-refractivity contribution is -0.126. The monoisotopic (exact) mass is 469 g/mol. The lowest BCUT2D eigenvalue weighted by atomic mass is 10.2. The summed E-state index contributed by atoms with van der Waals surface area (Å²) in [6.07, 6.45) is 0. The zero-order valence-electron chi connectivity index (χ0n) is 17.5. The summed E-state index contributed by atoms with van der Waals surface area (Å²) < 4.78 is 20.7. The number of carbonyl (C=O) groups is 2. The van der Waals surface area contributed by atoms with E-state index in [9.17, 15) is 9.59 Å². The molecular formula is C20H21Cl2N3O6. The molecule has 0 aliphatic carbocycles. The standard InChI is InChI=1S/C20H21Cl2N3O6/c1-10(26)18(24-25-19-14(29-3)7-6-13(28-2)17(19)22)20(27)23-12-9-16(31-5)15(30-4)8-11(12)21/h6-9,18H,1-5H3,(H,23,27). The van der Waals surface area contributed by atoms with Gasteiger partial charge in [0.1, 0.15) is 22.2 Å². The second-order valence-electron chi connectivity index (χ2n) is 6.04. The number of nitrogens with one attached hydrogen (secondary N) is 1. The number of benzene rings is 2. The zero-order chi connectivity index (χ0) is 23.1. The summed E-state index contributed by atoms with van der Waals surface area (Å²) in [7, 11) is 5.75. The molecule has 31 heavy (non-hydrogen) atoms. The van der Waals surface area contributed by atoms with E-state index in [1.807, 2.05) is 0 Å². The fourth-order valence-electron chi connectivity index (χ4n) is 2.53. The first-order chi connectivity index (χ1) is 14.8. The second-order valence-corrected chi connectivity index (χ2v) is 6.82. The molecule has 1 unspecified atom stereocenters. The highest BCUT2D eigenvalue weighted by Gasteiger charge is 2.25. The second kappa shape index (κ2) is 10.8. The van der Waals surface area contributed by atoms with Gasteiger partial charge in [0.25, 0.3) is 5.91 Å². The zero-order valence-corrected chi connectivity index (χ0v) is 19.0. The molecular weight excluding hydrogens is 449 g/mol. The molecule has 0 aromatic heterocycles. The van der Waals surface area contributed by atoms with Gasteiger partial charge >= 0.3 is 0 Å². The van der Waals surface area contributed by atoms with E-state index in [2.05, 4.69) is 15.5 Å². The van der Waals surface area contributed by atoms with Crippen LogP contribution in [0, 0.1) is 0 Å². The number of rotatable bonds is 9. The molecule has 0 saturated heterocycles. The minimum absolute atomic E-state index is 0.117. The van der Waals surface area contributed by atoms with Crippen LogP contribution < -0.4 is 24.3 Å². The van der Waals surface area contributed by atoms with Gasteiger partial charge in [-0.25, -0.2) is 0 Å². The molecule has 1 atom stereocenters. The summed E-state index contributed by atoms with van der Waals surface area (Å²) in [5.41, 5.74) is 0.328. The van der Waals surface area contributed by atoms with Gasteiger partial charge in [0.05, 0.1) is 39.1 Å². The Labute approximate surface area is 189 Å². The maximum absolute atomic E-state index is 12.7. The largest absolute Gasteiger partial charge is 0.495 e. The number of halogens is 2. The van der Waals surface area contributed by atoms with Crippen LogP contribution in [0.15, 0.2) is 34.5 Å². The highest BCUT2D eigenvalue weighted by atomic mass is 35.5. The van der Waals surface area contributed by atoms with E-state index in [1.54, 1.807) is 12.1 Å². The van der Waals surface area contributed by atoms with Crippen molar-refractivity contribution in [1.29, 1.82) is 0 Å². The molecule has 9 nitrogen and oxygen atoms in total. The predicted octanol–water partition coefficient (Wildman–Crippen LogP) is 4.71. The number of nitrogens with zero attached hydrogens (tertiary/aromatic N) is 2. The van der Waals surface area contributed by atoms with E-state index < -0.39 is 17.7 Å². The number of ketones is 1. The molecule has 2 rings (SSSR count). The van der Waals surface area contributed by atoms with Crippen LogP contribution >= 0.6 is 23.2 Å². The number of amides is 1. The smallest absolute Gasteiger partial charge is 0.258 e. The SMILES string of the molecule is COc1cc(Cl)c(NC(=O)C(N=Nc2c(OC)ccc(OC)c2Cl)C(C)=O)cc1OC. The van der Waals surface area contributed by atoms with Crippen molar-refractivity contribution in [2.45, 2.75) is 13.0 Å². The molecule has 0 aliphatic rings. The molecule has 0 bridgehead atoms. The van der Waals surface area contributed by atoms with Crippen LogP contribution in [0.5, 0.6) is 23.0 Å². The van der Waals surface area contributed by atoms with E-state index in [0.29, 0.717) is 23.0 Å². The summed E-state index contributed by atoms with van der Waals surface area (Å²) >= 11 is 12.5. The minimum Gasteiger partial charge on any atom is -0.495 e. The number of hydrogen-bond acceptors (Lipinski definition) is 8. The van der Waals surface area contributed by atoms with Crippen molar-refractivity contribution < 1.29 is 28.5 Å². The third-order valence-electron chi connectivity index (χ3n) is 4.12. The quantitative estimate of drug-likeness (QED) is 0.420. The Bertz CT molecular complexity index is 1010. The summed E-state index contributed by atoms with van der Waals surface area (Å²) in [4.78, 5) is 24.8. The lowest BCUT2D eigenvalue weighted by Crippen LogP contribution is -2.32. The summed E-state index contributed by atoms with van der Waals surface area (Å²) in [6.45, 7) is 1.21. The Morgan fingerprint density at radius 2 is 1.45 bits per heavy atom. The van der Waals surface area contributed by atoms with Gasteiger partial charge in [-0.15, -0.1) is 5.11 Å². The van der Waals surface area contributed by atoms with Crippen molar-refractivity contribution in [2.75, 3.05) is 33.8 Å². The van der Waals surface area contributed by atoms with E-state index in [1.165, 1.54) is 47.5 Å². The predicted molar refractivity (Wildman–Crippen MR) is 117 cm³/mol. The Kier molecular flexibility index (Phi) is 8.47. The Morgan fingerprint density at radius 1 is 0.903 bits per heavy atom. The van der Waals surface area contributed by atoms with Gasteiger partial charge in [0.2, 0.25) is 6.04 Å². The number of ether oxygens (including phenoxy) is 4. The fourth-order valence-corrected chi connectivity index (χ4v) is 3.00. The highest BCUT2D eigenvalue weighted by Crippen LogP contribution is 2.42. The van der Waals surface area contributed by atoms with Crippen LogP contribution in [0.2, 0.25) is 10.0 Å². The van der Waals surface area contributed by atoms with Crippen LogP contribution in [0.1, 0.15) is 6.92 Å². The number of carbonyl (C=O) groups excluding carboxylic acids is 2. The van der Waals surface area contributed by atoms with E-state index >= 15 is 0 Å². The third-order valence-corrected chi connectivity index (χ3v) is 4.80. The number of Topliss-reactive ketones (excluding diaryl/α,β-unsaturated/α-hetero) is 1. The van der Waals surface area contributed by atoms with Gasteiger partial charge in [-0.05, 0) is 19.1 Å². The number of hydrogen-bond donors (Lipinski definition) is 1. The molecule has 1 amide bonds. The summed E-state index contributed by atoms with van der Waals surface area (Å²) in [6, 6.07) is 4.65. The van der Waals surface area contributed by atoms with Crippen LogP contribution in [0.4, 0.5) is 11.4 Å². The van der Waals surface area contributed by atoms with Gasteiger partial charge in [-0.3, -0.25) is 9.59 Å². The Balaban J connectivity index is 2.36. The summed E-state index contributed by atoms with van der Waals surface area (Å²) in [5.74, 6) is 0.0564. The minimum atomic E-state index is -1.46. The molecule has 0 aliphatic heterocycles. The number of methoxy groups -OCH3 is 4. The van der Waals surface area contributed by atoms with E-state index in [-0.39, 0.29) is 21.4 Å². The molecule has 1 N–H and O–H groups in total. The molecule has 166 valence electrons. The van der Waals surface area contributed by atoms with Crippen LogP contribution in [-0.4, -0.2) is 46.2 Å². The van der Waals surface area contributed by atoms with Crippen molar-refractivity contribution in [3.05, 3.63) is 34.3 Å². The third kappa shape index (κ3) is 5.56. The van der Waals surface area contributed by atoms with Crippen molar-refractivity contribution in [2.24, 2.45) is 10.2 Å². The molecule has 0 heterocycles. The fraction of sp³-hybridized carbons (Fsp3) is 0.300. The van der Waals surface area contributed by atoms with Crippen molar-refractivity contribution in [3.8, 4) is 23.0 Å². The number of azo groups is 1. The number of anilines is 1. The first-order valence-corrected chi connectivity index (χ1v) is 9.57. The molecule has 0 fully saturated rings. The van der Waals surface area contributed by atoms with Crippen LogP contribution in [-0.2, 0) is 9.59 Å². The maximum atomic E-state index is 12.7. The van der Waals surface area contributed by atoms with Crippen LogP contribution in [0.3, 0.4) is 0 Å². The first kappa shape index (κ1) is 24.2. The molecule has 11 heteroatoms. The van der Waals surface area contributed by atoms with Crippen molar-refractivity contribution >= 4 is 46.3 Å². The van der Waals surface area contributed by atoms with Gasteiger partial charge < -0.3 is 24.3 Å². The van der Waals surface area contributed by atoms with Gasteiger partial charge in [-0.2, -0.15) is 5.11 Å². The molecule has 0 saturated carbocycles. The summed E-state index contributed by atoms with van der Waals surface area (Å²) in [5, 5.41) is 10.7. The van der Waals surface area contributed by atoms with E-state index in [0.717, 1.165) is 0 Å². The van der Waals surface area contributed by atoms with Gasteiger partial charge in [0.15, 0.2) is 17.3 Å². The van der Waals surface area contributed by atoms with Crippen LogP contribution in [0.25, 0.3) is 0 Å². The van der Waals surface area contributed by atoms with Crippen molar-refractivity contribution in [1.82, 2.24) is 0 Å². The normalized spacial score (nSPS) is 11.7. The molecule has 2 aromatic rings. The Morgan fingerprint density at radius 3 is 2.00 bits per heavy atom. The average Bonchev–Trinajstić information content (AvgIpc) is 2.75. The van der Waals surface area contributed by atoms with E-state index in [4.69, 9.17) is 42.1 Å².